The van der Waals surface area contributed by atoms with Crippen molar-refractivity contribution < 1.29 is 17.9 Å². The minimum absolute atomic E-state index is 0.197. The first-order valence-electron chi connectivity index (χ1n) is 11.6. The monoisotopic (exact) mass is 512 g/mol. The Morgan fingerprint density at radius 2 is 1.92 bits per heavy atom. The molecule has 0 radical (unpaired) electrons. The van der Waals surface area contributed by atoms with Crippen molar-refractivity contribution in [2.24, 2.45) is 0 Å². The molecular weight excluding hydrogens is 480 g/mol. The molecule has 0 saturated heterocycles. The maximum Gasteiger partial charge on any atom is 0.238 e. The Bertz CT molecular complexity index is 1410. The Kier molecular flexibility index (Phi) is 6.94. The van der Waals surface area contributed by atoms with E-state index >= 15 is 0 Å². The van der Waals surface area contributed by atoms with Crippen LogP contribution in [0.15, 0.2) is 24.4 Å². The molecule has 0 fully saturated rings. The van der Waals surface area contributed by atoms with Crippen molar-refractivity contribution >= 4 is 27.5 Å². The number of nitrogens with one attached hydrogen (secondary N) is 1. The van der Waals surface area contributed by atoms with Crippen molar-refractivity contribution in [3.63, 3.8) is 0 Å². The van der Waals surface area contributed by atoms with E-state index in [-0.39, 0.29) is 23.4 Å². The molecule has 0 atom stereocenters. The fourth-order valence-corrected chi connectivity index (χ4v) is 5.16. The van der Waals surface area contributed by atoms with Crippen LogP contribution in [0, 0.1) is 13.8 Å². The molecule has 10 nitrogen and oxygen atoms in total. The van der Waals surface area contributed by atoms with E-state index in [2.05, 4.69) is 38.4 Å². The Labute approximate surface area is 211 Å². The molecule has 0 unspecified atom stereocenters. The van der Waals surface area contributed by atoms with Crippen LogP contribution >= 0.6 is 0 Å². The zero-order valence-corrected chi connectivity index (χ0v) is 22.2. The maximum absolute atomic E-state index is 11.9. The van der Waals surface area contributed by atoms with Crippen molar-refractivity contribution in [3.05, 3.63) is 46.8 Å². The van der Waals surface area contributed by atoms with Crippen LogP contribution in [0.3, 0.4) is 0 Å². The van der Waals surface area contributed by atoms with Crippen LogP contribution in [-0.4, -0.2) is 49.9 Å². The molecule has 0 saturated carbocycles. The maximum atomic E-state index is 11.9. The quantitative estimate of drug-likeness (QED) is 0.508. The van der Waals surface area contributed by atoms with E-state index in [0.29, 0.717) is 19.7 Å². The van der Waals surface area contributed by atoms with Crippen LogP contribution in [0.2, 0.25) is 0 Å². The second-order valence-corrected chi connectivity index (χ2v) is 11.0. The zero-order valence-electron chi connectivity index (χ0n) is 21.4. The van der Waals surface area contributed by atoms with Crippen LogP contribution in [0.4, 0.5) is 17.5 Å². The smallest absolute Gasteiger partial charge is 0.238 e. The summed E-state index contributed by atoms with van der Waals surface area (Å²) in [6.07, 6.45) is 2.75. The van der Waals surface area contributed by atoms with E-state index in [1.165, 1.54) is 7.11 Å². The van der Waals surface area contributed by atoms with Gasteiger partial charge in [0.2, 0.25) is 21.9 Å². The Hall–Kier alpha value is -3.60. The lowest BCUT2D eigenvalue weighted by atomic mass is 9.99. The van der Waals surface area contributed by atoms with Gasteiger partial charge in [0.05, 0.1) is 19.9 Å². The lowest BCUT2D eigenvalue weighted by molar-refractivity contribution is 0.329. The van der Waals surface area contributed by atoms with Crippen LogP contribution in [0.25, 0.3) is 11.1 Å². The Morgan fingerprint density at radius 3 is 2.58 bits per heavy atom. The molecule has 1 aliphatic heterocycles. The predicted octanol–water partition coefficient (Wildman–Crippen LogP) is 3.64. The van der Waals surface area contributed by atoms with E-state index in [0.717, 1.165) is 51.3 Å². The molecule has 3 aromatic rings. The topological polar surface area (TPSA) is 133 Å². The summed E-state index contributed by atoms with van der Waals surface area (Å²) in [4.78, 5) is 15.5. The molecule has 11 heteroatoms. The molecule has 3 N–H and O–H groups in total. The summed E-state index contributed by atoms with van der Waals surface area (Å²) in [6.45, 7) is 9.91. The first kappa shape index (κ1) is 25.5. The van der Waals surface area contributed by atoms with Gasteiger partial charge in [-0.2, -0.15) is 4.98 Å². The fraction of sp³-hybridized carbons (Fsp3) is 0.400. The number of methoxy groups -OCH3 is 1. The van der Waals surface area contributed by atoms with Gasteiger partial charge in [-0.15, -0.1) is 0 Å². The number of nitrogens with zero attached hydrogens (tertiary/aromatic N) is 4. The molecule has 192 valence electrons. The highest BCUT2D eigenvalue weighted by Crippen LogP contribution is 2.37. The van der Waals surface area contributed by atoms with Gasteiger partial charge in [0.25, 0.3) is 0 Å². The van der Waals surface area contributed by atoms with E-state index in [1.54, 1.807) is 12.3 Å². The minimum atomic E-state index is -3.51. The number of nitrogen functional groups attached to an aromatic ring is 1. The first-order valence-corrected chi connectivity index (χ1v) is 13.5. The number of pyridine rings is 1. The van der Waals surface area contributed by atoms with Crippen molar-refractivity contribution in [3.8, 4) is 22.8 Å². The molecule has 0 amide bonds. The summed E-state index contributed by atoms with van der Waals surface area (Å²) >= 11 is 0. The lowest BCUT2D eigenvalue weighted by Crippen LogP contribution is -2.28. The van der Waals surface area contributed by atoms with Gasteiger partial charge in [-0.25, -0.2) is 18.4 Å². The van der Waals surface area contributed by atoms with Gasteiger partial charge in [0.1, 0.15) is 23.9 Å². The van der Waals surface area contributed by atoms with Crippen LogP contribution in [0.5, 0.6) is 11.6 Å². The molecule has 4 rings (SSSR count). The Morgan fingerprint density at radius 1 is 1.17 bits per heavy atom. The van der Waals surface area contributed by atoms with Gasteiger partial charge in [0.15, 0.2) is 0 Å². The van der Waals surface area contributed by atoms with Gasteiger partial charge < -0.3 is 20.1 Å². The van der Waals surface area contributed by atoms with Crippen molar-refractivity contribution in [2.75, 3.05) is 41.9 Å². The second-order valence-electron chi connectivity index (χ2n) is 9.27. The van der Waals surface area contributed by atoms with Gasteiger partial charge in [-0.3, -0.25) is 4.72 Å². The zero-order chi connectivity index (χ0) is 26.2. The van der Waals surface area contributed by atoms with Gasteiger partial charge in [-0.05, 0) is 49.1 Å². The number of hydrogen-bond acceptors (Lipinski definition) is 9. The molecule has 3 heterocycles. The third kappa shape index (κ3) is 5.30. The van der Waals surface area contributed by atoms with Crippen molar-refractivity contribution in [2.45, 2.75) is 40.2 Å². The van der Waals surface area contributed by atoms with Crippen LogP contribution in [-0.2, 0) is 16.6 Å². The summed E-state index contributed by atoms with van der Waals surface area (Å²) in [5.74, 6) is 2.33. The highest BCUT2D eigenvalue weighted by molar-refractivity contribution is 7.92. The highest BCUT2D eigenvalue weighted by Gasteiger charge is 2.24. The molecule has 1 aliphatic rings. The van der Waals surface area contributed by atoms with Gasteiger partial charge >= 0.3 is 0 Å². The van der Waals surface area contributed by atoms with Gasteiger partial charge in [0, 0.05) is 35.1 Å². The highest BCUT2D eigenvalue weighted by atomic mass is 32.2. The van der Waals surface area contributed by atoms with Crippen LogP contribution in [0.1, 0.15) is 42.1 Å². The normalized spacial score (nSPS) is 13.7. The third-order valence-corrected chi connectivity index (χ3v) is 6.59. The number of benzene rings is 1. The SMILES string of the molecule is COc1ncc(-c2cc(C)c3c(c2)CN(c2nc(N)nc(C)c2C(C)C)CCO3)cc1NS(C)(=O)=O. The summed E-state index contributed by atoms with van der Waals surface area (Å²) < 4.78 is 37.6. The van der Waals surface area contributed by atoms with E-state index in [4.69, 9.17) is 15.2 Å². The first-order chi connectivity index (χ1) is 17.0. The van der Waals surface area contributed by atoms with Crippen LogP contribution < -0.4 is 24.8 Å². The summed E-state index contributed by atoms with van der Waals surface area (Å²) in [7, 11) is -2.07. The average molecular weight is 513 g/mol. The Balaban J connectivity index is 1.78. The summed E-state index contributed by atoms with van der Waals surface area (Å²) in [5, 5.41) is 0. The van der Waals surface area contributed by atoms with Crippen molar-refractivity contribution in [1.82, 2.24) is 15.0 Å². The summed E-state index contributed by atoms with van der Waals surface area (Å²) in [5.41, 5.74) is 11.8. The number of hydrogen-bond donors (Lipinski definition) is 2. The standard InChI is InChI=1S/C25H32N6O4S/c1-14(2)21-16(4)28-25(26)29-23(21)31-7-8-35-22-15(3)9-17(10-19(22)13-31)18-11-20(30-36(6,32)33)24(34-5)27-12-18/h9-12,14,30H,7-8,13H2,1-6H3,(H2,26,28,29). The van der Waals surface area contributed by atoms with Crippen molar-refractivity contribution in [1.29, 1.82) is 0 Å². The van der Waals surface area contributed by atoms with E-state index < -0.39 is 10.0 Å². The molecule has 0 aliphatic carbocycles. The number of rotatable bonds is 6. The number of aryl methyl sites for hydroxylation is 2. The number of sulfonamides is 1. The molecule has 1 aromatic carbocycles. The molecule has 0 spiro atoms. The molecular formula is C25H32N6O4S. The molecule has 2 aromatic heterocycles. The third-order valence-electron chi connectivity index (χ3n) is 6.00. The van der Waals surface area contributed by atoms with Gasteiger partial charge in [-0.1, -0.05) is 13.8 Å². The number of aromatic nitrogens is 3. The minimum Gasteiger partial charge on any atom is -0.491 e. The largest absolute Gasteiger partial charge is 0.491 e. The second kappa shape index (κ2) is 9.81. The lowest BCUT2D eigenvalue weighted by Gasteiger charge is -2.26. The number of anilines is 3. The number of nitrogens with two attached hydrogens (primary N) is 1. The number of fused-ring (bicyclic) bond motifs is 1. The fourth-order valence-electron chi connectivity index (χ4n) is 4.61. The number of ether oxygens (including phenoxy) is 2. The van der Waals surface area contributed by atoms with E-state index in [1.807, 2.05) is 26.0 Å². The molecule has 36 heavy (non-hydrogen) atoms. The van der Waals surface area contributed by atoms with E-state index in [9.17, 15) is 8.42 Å². The predicted molar refractivity (Wildman–Crippen MR) is 141 cm³/mol. The summed E-state index contributed by atoms with van der Waals surface area (Å²) in [6, 6.07) is 5.77. The molecule has 0 bridgehead atoms. The average Bonchev–Trinajstić information content (AvgIpc) is 3.00.